The van der Waals surface area contributed by atoms with E-state index in [0.717, 1.165) is 0 Å². The van der Waals surface area contributed by atoms with Crippen molar-refractivity contribution in [1.82, 2.24) is 0 Å². The summed E-state index contributed by atoms with van der Waals surface area (Å²) < 4.78 is 0. The summed E-state index contributed by atoms with van der Waals surface area (Å²) in [5.74, 6) is 0. The average molecular weight is 166 g/mol. The Morgan fingerprint density at radius 1 is 1.33 bits per heavy atom. The van der Waals surface area contributed by atoms with Crippen LogP contribution >= 0.6 is 0 Å². The zero-order valence-corrected chi connectivity index (χ0v) is 8.60. The fourth-order valence-corrected chi connectivity index (χ4v) is 2.20. The van der Waals surface area contributed by atoms with E-state index in [1.807, 2.05) is 0 Å². The van der Waals surface area contributed by atoms with Gasteiger partial charge in [-0.05, 0) is 37.5 Å². The first kappa shape index (κ1) is 9.83. The second-order valence-corrected chi connectivity index (χ2v) is 4.11. The molecule has 0 fully saturated rings. The molecule has 0 heterocycles. The van der Waals surface area contributed by atoms with Crippen LogP contribution < -0.4 is 0 Å². The third kappa shape index (κ3) is 2.36. The van der Waals surface area contributed by atoms with Gasteiger partial charge in [-0.1, -0.05) is 38.8 Å². The molecular formula is C12H22. The van der Waals surface area contributed by atoms with E-state index in [1.165, 1.54) is 44.9 Å². The lowest BCUT2D eigenvalue weighted by molar-refractivity contribution is 0.283. The Balaban J connectivity index is 2.48. The van der Waals surface area contributed by atoms with Crippen molar-refractivity contribution in [3.8, 4) is 0 Å². The molecule has 12 heavy (non-hydrogen) atoms. The Hall–Kier alpha value is -0.260. The molecule has 0 N–H and O–H groups in total. The fraction of sp³-hybridized carbons (Fsp3) is 0.833. The number of unbranched alkanes of at least 4 members (excludes halogenated alkanes) is 1. The Morgan fingerprint density at radius 3 is 2.67 bits per heavy atom. The zero-order valence-electron chi connectivity index (χ0n) is 8.60. The Bertz CT molecular complexity index is 146. The van der Waals surface area contributed by atoms with Crippen LogP contribution in [0.5, 0.6) is 0 Å². The maximum atomic E-state index is 2.49. The molecular weight excluding hydrogens is 144 g/mol. The molecule has 0 nitrogen and oxygen atoms in total. The van der Waals surface area contributed by atoms with E-state index in [-0.39, 0.29) is 0 Å². The predicted molar refractivity (Wildman–Crippen MR) is 55.2 cm³/mol. The predicted octanol–water partition coefficient (Wildman–Crippen LogP) is 4.31. The van der Waals surface area contributed by atoms with E-state index >= 15 is 0 Å². The summed E-state index contributed by atoms with van der Waals surface area (Å²) in [4.78, 5) is 0. The van der Waals surface area contributed by atoms with E-state index in [0.29, 0.717) is 5.41 Å². The summed E-state index contributed by atoms with van der Waals surface area (Å²) >= 11 is 0. The smallest absolute Gasteiger partial charge is 0.0121 e. The van der Waals surface area contributed by atoms with Gasteiger partial charge in [0.15, 0.2) is 0 Å². The molecule has 0 amide bonds. The van der Waals surface area contributed by atoms with E-state index in [2.05, 4.69) is 26.0 Å². The minimum Gasteiger partial charge on any atom is -0.0880 e. The maximum absolute atomic E-state index is 2.49. The van der Waals surface area contributed by atoms with Crippen LogP contribution in [0.25, 0.3) is 0 Å². The van der Waals surface area contributed by atoms with Gasteiger partial charge in [0.25, 0.3) is 0 Å². The van der Waals surface area contributed by atoms with Crippen LogP contribution in [0.3, 0.4) is 0 Å². The fourth-order valence-electron chi connectivity index (χ4n) is 2.20. The summed E-state index contributed by atoms with van der Waals surface area (Å²) in [7, 11) is 0. The van der Waals surface area contributed by atoms with Gasteiger partial charge < -0.3 is 0 Å². The van der Waals surface area contributed by atoms with Crippen molar-refractivity contribution in [1.29, 1.82) is 0 Å². The molecule has 0 unspecified atom stereocenters. The molecule has 0 radical (unpaired) electrons. The molecule has 1 atom stereocenters. The van der Waals surface area contributed by atoms with Crippen LogP contribution in [0.1, 0.15) is 58.8 Å². The summed E-state index contributed by atoms with van der Waals surface area (Å²) in [5.41, 5.74) is 0.592. The molecule has 0 spiro atoms. The van der Waals surface area contributed by atoms with Gasteiger partial charge in [0.2, 0.25) is 0 Å². The molecule has 1 aliphatic rings. The molecule has 1 aliphatic carbocycles. The van der Waals surface area contributed by atoms with Gasteiger partial charge in [-0.3, -0.25) is 0 Å². The van der Waals surface area contributed by atoms with Gasteiger partial charge in [-0.15, -0.1) is 0 Å². The molecule has 1 rings (SSSR count). The lowest BCUT2D eigenvalue weighted by atomic mass is 9.73. The van der Waals surface area contributed by atoms with Crippen LogP contribution in [0, 0.1) is 5.41 Å². The van der Waals surface area contributed by atoms with Crippen LogP contribution in [0.4, 0.5) is 0 Å². The normalized spacial score (nSPS) is 29.2. The average Bonchev–Trinajstić information content (AvgIpc) is 2.16. The standard InChI is InChI=1S/C12H22/c1-3-5-9-12(4-2)10-7-6-8-11-12/h7,10H,3-6,8-9,11H2,1-2H3/t12-/m0/s1. The zero-order chi connectivity index (χ0) is 8.86. The third-order valence-corrected chi connectivity index (χ3v) is 3.25. The number of rotatable bonds is 4. The first-order chi connectivity index (χ1) is 5.83. The SMILES string of the molecule is CCCC[C@@]1(CC)C=CCCC1. The number of hydrogen-bond acceptors (Lipinski definition) is 0. The van der Waals surface area contributed by atoms with Crippen molar-refractivity contribution in [2.75, 3.05) is 0 Å². The third-order valence-electron chi connectivity index (χ3n) is 3.25. The number of allylic oxidation sites excluding steroid dienone is 2. The maximum Gasteiger partial charge on any atom is -0.0121 e. The highest BCUT2D eigenvalue weighted by Crippen LogP contribution is 2.38. The summed E-state index contributed by atoms with van der Waals surface area (Å²) in [6.07, 6.45) is 14.5. The van der Waals surface area contributed by atoms with Gasteiger partial charge >= 0.3 is 0 Å². The topological polar surface area (TPSA) is 0 Å². The van der Waals surface area contributed by atoms with Crippen molar-refractivity contribution in [2.45, 2.75) is 58.8 Å². The first-order valence-corrected chi connectivity index (χ1v) is 5.51. The highest BCUT2D eigenvalue weighted by Gasteiger charge is 2.25. The Labute approximate surface area is 77.1 Å². The first-order valence-electron chi connectivity index (χ1n) is 5.51. The highest BCUT2D eigenvalue weighted by atomic mass is 14.3. The number of hydrogen-bond donors (Lipinski definition) is 0. The summed E-state index contributed by atoms with van der Waals surface area (Å²) in [6.45, 7) is 4.63. The summed E-state index contributed by atoms with van der Waals surface area (Å²) in [6, 6.07) is 0. The second kappa shape index (κ2) is 4.69. The largest absolute Gasteiger partial charge is 0.0880 e. The van der Waals surface area contributed by atoms with E-state index in [4.69, 9.17) is 0 Å². The Kier molecular flexibility index (Phi) is 3.84. The van der Waals surface area contributed by atoms with Crippen molar-refractivity contribution in [3.63, 3.8) is 0 Å². The van der Waals surface area contributed by atoms with Gasteiger partial charge in [-0.25, -0.2) is 0 Å². The monoisotopic (exact) mass is 166 g/mol. The molecule has 0 saturated carbocycles. The van der Waals surface area contributed by atoms with Gasteiger partial charge in [-0.2, -0.15) is 0 Å². The van der Waals surface area contributed by atoms with Gasteiger partial charge in [0, 0.05) is 0 Å². The highest BCUT2D eigenvalue weighted by molar-refractivity contribution is 5.02. The minimum atomic E-state index is 0.592. The van der Waals surface area contributed by atoms with Crippen LogP contribution in [-0.2, 0) is 0 Å². The van der Waals surface area contributed by atoms with Crippen LogP contribution in [0.2, 0.25) is 0 Å². The quantitative estimate of drug-likeness (QED) is 0.546. The summed E-state index contributed by atoms with van der Waals surface area (Å²) in [5, 5.41) is 0. The minimum absolute atomic E-state index is 0.592. The molecule has 0 aromatic carbocycles. The van der Waals surface area contributed by atoms with E-state index in [9.17, 15) is 0 Å². The van der Waals surface area contributed by atoms with E-state index < -0.39 is 0 Å². The second-order valence-electron chi connectivity index (χ2n) is 4.11. The molecule has 0 aliphatic heterocycles. The lowest BCUT2D eigenvalue weighted by Gasteiger charge is -2.32. The van der Waals surface area contributed by atoms with Gasteiger partial charge in [0.05, 0.1) is 0 Å². The van der Waals surface area contributed by atoms with Crippen molar-refractivity contribution < 1.29 is 0 Å². The molecule has 0 aromatic heterocycles. The van der Waals surface area contributed by atoms with Crippen LogP contribution in [0.15, 0.2) is 12.2 Å². The molecule has 0 heteroatoms. The Morgan fingerprint density at radius 2 is 2.17 bits per heavy atom. The van der Waals surface area contributed by atoms with Crippen molar-refractivity contribution in [3.05, 3.63) is 12.2 Å². The van der Waals surface area contributed by atoms with Crippen molar-refractivity contribution >= 4 is 0 Å². The lowest BCUT2D eigenvalue weighted by Crippen LogP contribution is -2.18. The molecule has 0 bridgehead atoms. The molecule has 70 valence electrons. The molecule has 0 aromatic rings. The van der Waals surface area contributed by atoms with Gasteiger partial charge in [0.1, 0.15) is 0 Å². The molecule has 0 saturated heterocycles. The van der Waals surface area contributed by atoms with E-state index in [1.54, 1.807) is 0 Å². The van der Waals surface area contributed by atoms with Crippen molar-refractivity contribution in [2.24, 2.45) is 5.41 Å². The van der Waals surface area contributed by atoms with Crippen LogP contribution in [-0.4, -0.2) is 0 Å².